The first-order valence-corrected chi connectivity index (χ1v) is 9.97. The second-order valence-electron chi connectivity index (χ2n) is 7.45. The number of nitrogens with one attached hydrogen (secondary N) is 1. The molecule has 0 fully saturated rings. The van der Waals surface area contributed by atoms with E-state index in [0.717, 1.165) is 50.5 Å². The molecule has 4 aromatic rings. The molecule has 1 aromatic carbocycles. The molecule has 0 atom stereocenters. The van der Waals surface area contributed by atoms with Crippen LogP contribution in [0, 0.1) is 13.8 Å². The van der Waals surface area contributed by atoms with Crippen molar-refractivity contribution in [1.82, 2.24) is 19.7 Å². The van der Waals surface area contributed by atoms with Gasteiger partial charge in [0, 0.05) is 47.0 Å². The summed E-state index contributed by atoms with van der Waals surface area (Å²) in [5.74, 6) is 2.81. The topological polar surface area (TPSA) is 100 Å². The molecule has 0 radical (unpaired) electrons. The number of anilines is 2. The molecule has 8 nitrogen and oxygen atoms in total. The maximum Gasteiger partial charge on any atom is 0.158 e. The van der Waals surface area contributed by atoms with Crippen molar-refractivity contribution in [1.29, 1.82) is 0 Å². The zero-order valence-electron chi connectivity index (χ0n) is 18.1. The second kappa shape index (κ2) is 8.51. The van der Waals surface area contributed by atoms with Gasteiger partial charge >= 0.3 is 0 Å². The third-order valence-electron chi connectivity index (χ3n) is 5.37. The lowest BCUT2D eigenvalue weighted by Gasteiger charge is -2.12. The maximum atomic E-state index is 5.84. The number of fused-ring (bicyclic) bond motifs is 1. The zero-order chi connectivity index (χ0) is 22.0. The van der Waals surface area contributed by atoms with Crippen molar-refractivity contribution in [2.45, 2.75) is 26.9 Å². The Morgan fingerprint density at radius 2 is 1.94 bits per heavy atom. The van der Waals surface area contributed by atoms with Gasteiger partial charge in [0.2, 0.25) is 0 Å². The van der Waals surface area contributed by atoms with Crippen molar-refractivity contribution in [3.05, 3.63) is 65.2 Å². The van der Waals surface area contributed by atoms with Gasteiger partial charge in [0.15, 0.2) is 5.82 Å². The third-order valence-corrected chi connectivity index (χ3v) is 5.37. The molecule has 0 amide bonds. The summed E-state index contributed by atoms with van der Waals surface area (Å²) in [6.07, 6.45) is 5.89. The minimum atomic E-state index is 0.534. The van der Waals surface area contributed by atoms with Gasteiger partial charge in [-0.25, -0.2) is 4.98 Å². The molecule has 0 aliphatic carbocycles. The number of nitrogens with two attached hydrogens (primary N) is 1. The number of nitrogen functional groups attached to an aromatic ring is 1. The molecule has 3 N–H and O–H groups in total. The summed E-state index contributed by atoms with van der Waals surface area (Å²) in [5, 5.41) is 13.9. The molecule has 0 bridgehead atoms. The van der Waals surface area contributed by atoms with Gasteiger partial charge in [-0.2, -0.15) is 5.10 Å². The van der Waals surface area contributed by atoms with Crippen LogP contribution in [0.2, 0.25) is 0 Å². The third kappa shape index (κ3) is 4.23. The fourth-order valence-electron chi connectivity index (χ4n) is 3.76. The quantitative estimate of drug-likeness (QED) is 0.472. The monoisotopic (exact) mass is 418 g/mol. The molecule has 31 heavy (non-hydrogen) atoms. The normalized spacial score (nSPS) is 11.0. The molecule has 3 aromatic heterocycles. The number of benzene rings is 1. The highest BCUT2D eigenvalue weighted by Crippen LogP contribution is 2.28. The van der Waals surface area contributed by atoms with Crippen molar-refractivity contribution in [2.24, 2.45) is 0 Å². The van der Waals surface area contributed by atoms with Gasteiger partial charge in [0.05, 0.1) is 27.0 Å². The number of hydrogen-bond acceptors (Lipinski definition) is 7. The molecule has 0 saturated carbocycles. The van der Waals surface area contributed by atoms with Crippen LogP contribution in [0.15, 0.2) is 42.9 Å². The van der Waals surface area contributed by atoms with Crippen molar-refractivity contribution < 1.29 is 9.47 Å². The van der Waals surface area contributed by atoms with E-state index in [-0.39, 0.29) is 0 Å². The molecule has 8 heteroatoms. The highest BCUT2D eigenvalue weighted by Gasteiger charge is 2.11. The molecular formula is C23H26N6O2. The number of nitrogens with zero attached hydrogens (tertiary/aromatic N) is 4. The number of aryl methyl sites for hydroxylation is 2. The largest absolute Gasteiger partial charge is 0.497 e. The molecule has 0 unspecified atom stereocenters. The van der Waals surface area contributed by atoms with Gasteiger partial charge in [-0.05, 0) is 43.2 Å². The highest BCUT2D eigenvalue weighted by molar-refractivity contribution is 5.90. The van der Waals surface area contributed by atoms with Gasteiger partial charge < -0.3 is 25.1 Å². The van der Waals surface area contributed by atoms with E-state index in [9.17, 15) is 0 Å². The Bertz CT molecular complexity index is 1210. The SMILES string of the molecule is COc1ccc(Cn2cc3cnnc(NCc4c(C)cc(N)nc4C)c3c2)c(OC)c1. The van der Waals surface area contributed by atoms with E-state index in [2.05, 4.69) is 37.5 Å². The first-order valence-electron chi connectivity index (χ1n) is 9.97. The number of pyridine rings is 1. The summed E-state index contributed by atoms with van der Waals surface area (Å²) in [6.45, 7) is 5.25. The summed E-state index contributed by atoms with van der Waals surface area (Å²) >= 11 is 0. The smallest absolute Gasteiger partial charge is 0.158 e. The van der Waals surface area contributed by atoms with Gasteiger partial charge in [-0.15, -0.1) is 5.10 Å². The van der Waals surface area contributed by atoms with Crippen molar-refractivity contribution in [3.8, 4) is 11.5 Å². The molecule has 4 rings (SSSR count). The average molecular weight is 419 g/mol. The van der Waals surface area contributed by atoms with Crippen LogP contribution in [-0.2, 0) is 13.1 Å². The fourth-order valence-corrected chi connectivity index (χ4v) is 3.76. The Hall–Kier alpha value is -3.81. The lowest BCUT2D eigenvalue weighted by molar-refractivity contribution is 0.390. The van der Waals surface area contributed by atoms with E-state index in [0.29, 0.717) is 18.9 Å². The van der Waals surface area contributed by atoms with Gasteiger partial charge in [0.1, 0.15) is 17.3 Å². The summed E-state index contributed by atoms with van der Waals surface area (Å²) in [7, 11) is 3.31. The zero-order valence-corrected chi connectivity index (χ0v) is 18.1. The van der Waals surface area contributed by atoms with E-state index < -0.39 is 0 Å². The van der Waals surface area contributed by atoms with Crippen molar-refractivity contribution >= 4 is 22.4 Å². The van der Waals surface area contributed by atoms with E-state index in [1.165, 1.54) is 0 Å². The number of ether oxygens (including phenoxy) is 2. The van der Waals surface area contributed by atoms with Gasteiger partial charge in [0.25, 0.3) is 0 Å². The molecule has 3 heterocycles. The Kier molecular flexibility index (Phi) is 5.62. The number of hydrogen-bond donors (Lipinski definition) is 2. The fraction of sp³-hybridized carbons (Fsp3) is 0.261. The second-order valence-corrected chi connectivity index (χ2v) is 7.45. The van der Waals surface area contributed by atoms with E-state index in [1.807, 2.05) is 38.1 Å². The lowest BCUT2D eigenvalue weighted by atomic mass is 10.1. The summed E-state index contributed by atoms with van der Waals surface area (Å²) in [4.78, 5) is 4.37. The molecule has 0 aliphatic rings. The van der Waals surface area contributed by atoms with Gasteiger partial charge in [-0.1, -0.05) is 0 Å². The minimum absolute atomic E-state index is 0.534. The van der Waals surface area contributed by atoms with Crippen LogP contribution in [0.5, 0.6) is 11.5 Å². The molecule has 0 aliphatic heterocycles. The molecular weight excluding hydrogens is 392 g/mol. The maximum absolute atomic E-state index is 5.84. The summed E-state index contributed by atoms with van der Waals surface area (Å²) in [5.41, 5.74) is 10.0. The Labute approximate surface area is 181 Å². The Balaban J connectivity index is 1.59. The van der Waals surface area contributed by atoms with Crippen molar-refractivity contribution in [2.75, 3.05) is 25.3 Å². The first kappa shape index (κ1) is 20.5. The average Bonchev–Trinajstić information content (AvgIpc) is 3.16. The summed E-state index contributed by atoms with van der Waals surface area (Å²) in [6, 6.07) is 7.72. The number of aromatic nitrogens is 4. The van der Waals surface area contributed by atoms with E-state index >= 15 is 0 Å². The van der Waals surface area contributed by atoms with Crippen molar-refractivity contribution in [3.63, 3.8) is 0 Å². The van der Waals surface area contributed by atoms with Gasteiger partial charge in [-0.3, -0.25) is 0 Å². The Morgan fingerprint density at radius 3 is 2.68 bits per heavy atom. The van der Waals surface area contributed by atoms with Crippen LogP contribution < -0.4 is 20.5 Å². The van der Waals surface area contributed by atoms with Crippen LogP contribution in [0.25, 0.3) is 10.8 Å². The van der Waals surface area contributed by atoms with Crippen LogP contribution in [0.3, 0.4) is 0 Å². The van der Waals surface area contributed by atoms with Crippen LogP contribution in [0.4, 0.5) is 11.6 Å². The minimum Gasteiger partial charge on any atom is -0.497 e. The molecule has 0 spiro atoms. The van der Waals surface area contributed by atoms with Crippen LogP contribution in [-0.4, -0.2) is 34.0 Å². The molecule has 0 saturated heterocycles. The summed E-state index contributed by atoms with van der Waals surface area (Å²) < 4.78 is 12.9. The number of rotatable bonds is 7. The highest BCUT2D eigenvalue weighted by atomic mass is 16.5. The van der Waals surface area contributed by atoms with E-state index in [1.54, 1.807) is 20.4 Å². The predicted octanol–water partition coefficient (Wildman–Crippen LogP) is 3.70. The predicted molar refractivity (Wildman–Crippen MR) is 122 cm³/mol. The first-order chi connectivity index (χ1) is 15.0. The number of methoxy groups -OCH3 is 2. The Morgan fingerprint density at radius 1 is 1.10 bits per heavy atom. The van der Waals surface area contributed by atoms with Crippen LogP contribution in [0.1, 0.15) is 22.4 Å². The van der Waals surface area contributed by atoms with E-state index in [4.69, 9.17) is 15.2 Å². The van der Waals surface area contributed by atoms with Crippen LogP contribution >= 0.6 is 0 Å². The lowest BCUT2D eigenvalue weighted by Crippen LogP contribution is -2.08. The molecule has 160 valence electrons. The standard InChI is InChI=1S/C23H26N6O2/c1-14-7-22(24)27-15(2)19(14)10-25-23-20-13-29(12-17(20)9-26-28-23)11-16-5-6-18(30-3)8-21(16)31-4/h5-9,12-13H,10-11H2,1-4H3,(H2,24,27)(H,25,28).